The monoisotopic (exact) mass is 355 g/mol. The number of nitrogens with zero attached hydrogens (tertiary/aromatic N) is 1. The van der Waals surface area contributed by atoms with Gasteiger partial charge >= 0.3 is 0 Å². The Bertz CT molecular complexity index is 906. The van der Waals surface area contributed by atoms with E-state index >= 15 is 0 Å². The van der Waals surface area contributed by atoms with E-state index in [2.05, 4.69) is 10.3 Å². The fourth-order valence-corrected chi connectivity index (χ4v) is 4.28. The van der Waals surface area contributed by atoms with Crippen LogP contribution in [0.15, 0.2) is 42.5 Å². The minimum absolute atomic E-state index is 0.0538. The maximum atomic E-state index is 13.8. The quantitative estimate of drug-likeness (QED) is 0.741. The zero-order valence-corrected chi connectivity index (χ0v) is 14.4. The van der Waals surface area contributed by atoms with Gasteiger partial charge < -0.3 is 11.1 Å². The number of thiazole rings is 1. The smallest absolute Gasteiger partial charge is 0.227 e. The number of anilines is 1. The summed E-state index contributed by atoms with van der Waals surface area (Å²) in [4.78, 5) is 17.1. The molecule has 128 valence electrons. The van der Waals surface area contributed by atoms with Crippen LogP contribution in [0.5, 0.6) is 0 Å². The molecule has 0 aliphatic heterocycles. The average Bonchev–Trinajstić information content (AvgIpc) is 3.22. The molecular weight excluding hydrogens is 337 g/mol. The molecule has 1 fully saturated rings. The summed E-state index contributed by atoms with van der Waals surface area (Å²) < 4.78 is 14.9. The lowest BCUT2D eigenvalue weighted by atomic mass is 10.1. The van der Waals surface area contributed by atoms with Crippen molar-refractivity contribution in [2.45, 2.75) is 25.3 Å². The lowest BCUT2D eigenvalue weighted by Crippen LogP contribution is -2.23. The Morgan fingerprint density at radius 2 is 2.08 bits per heavy atom. The molecule has 1 heterocycles. The predicted molar refractivity (Wildman–Crippen MR) is 99.0 cm³/mol. The number of carbonyl (C=O) groups excluding carboxylic acids is 1. The molecule has 0 spiro atoms. The second kappa shape index (κ2) is 6.54. The molecule has 4 nitrogen and oxygen atoms in total. The Morgan fingerprint density at radius 3 is 2.84 bits per heavy atom. The van der Waals surface area contributed by atoms with Crippen LogP contribution in [0.2, 0.25) is 0 Å². The molecule has 2 atom stereocenters. The van der Waals surface area contributed by atoms with E-state index in [4.69, 9.17) is 5.73 Å². The van der Waals surface area contributed by atoms with Crippen LogP contribution in [0.25, 0.3) is 20.8 Å². The summed E-state index contributed by atoms with van der Waals surface area (Å²) in [6.07, 6.45) is 2.36. The summed E-state index contributed by atoms with van der Waals surface area (Å²) >= 11 is 1.48. The number of hydrogen-bond donors (Lipinski definition) is 2. The Balaban J connectivity index is 1.68. The lowest BCUT2D eigenvalue weighted by molar-refractivity contribution is -0.119. The van der Waals surface area contributed by atoms with Crippen molar-refractivity contribution < 1.29 is 9.18 Å². The fourth-order valence-electron chi connectivity index (χ4n) is 3.28. The number of rotatable bonds is 3. The molecule has 25 heavy (non-hydrogen) atoms. The molecule has 1 aliphatic carbocycles. The summed E-state index contributed by atoms with van der Waals surface area (Å²) in [6, 6.07) is 12.2. The zero-order valence-electron chi connectivity index (χ0n) is 13.5. The second-order valence-corrected chi connectivity index (χ2v) is 7.47. The number of fused-ring (bicyclic) bond motifs is 1. The molecule has 1 aromatic heterocycles. The van der Waals surface area contributed by atoms with Gasteiger partial charge in [-0.15, -0.1) is 11.3 Å². The number of nitrogens with two attached hydrogens (primary N) is 1. The van der Waals surface area contributed by atoms with Crippen molar-refractivity contribution in [2.24, 2.45) is 11.7 Å². The molecule has 0 radical (unpaired) electrons. The first-order valence-electron chi connectivity index (χ1n) is 8.32. The Kier molecular flexibility index (Phi) is 4.23. The summed E-state index contributed by atoms with van der Waals surface area (Å²) in [5, 5.41) is 3.64. The third-order valence-corrected chi connectivity index (χ3v) is 5.68. The largest absolute Gasteiger partial charge is 0.328 e. The van der Waals surface area contributed by atoms with Crippen molar-refractivity contribution in [1.29, 1.82) is 0 Å². The molecule has 2 unspecified atom stereocenters. The Hall–Kier alpha value is -2.31. The van der Waals surface area contributed by atoms with Gasteiger partial charge in [0.2, 0.25) is 5.91 Å². The highest BCUT2D eigenvalue weighted by atomic mass is 32.1. The van der Waals surface area contributed by atoms with E-state index in [9.17, 15) is 9.18 Å². The second-order valence-electron chi connectivity index (χ2n) is 6.44. The third-order valence-electron chi connectivity index (χ3n) is 4.61. The van der Waals surface area contributed by atoms with Gasteiger partial charge in [-0.05, 0) is 49.6 Å². The zero-order chi connectivity index (χ0) is 17.4. The van der Waals surface area contributed by atoms with Gasteiger partial charge in [0.15, 0.2) is 0 Å². The van der Waals surface area contributed by atoms with E-state index in [0.717, 1.165) is 23.1 Å². The SMILES string of the molecule is NC1CCC(C(=O)Nc2ccc(F)cc2-c2nc3ccccc3s2)C1. The van der Waals surface area contributed by atoms with Gasteiger partial charge in [0, 0.05) is 17.5 Å². The van der Waals surface area contributed by atoms with E-state index in [-0.39, 0.29) is 23.7 Å². The van der Waals surface area contributed by atoms with Gasteiger partial charge in [0.05, 0.1) is 15.9 Å². The third kappa shape index (κ3) is 3.27. The molecule has 6 heteroatoms. The van der Waals surface area contributed by atoms with E-state index in [1.165, 1.54) is 23.5 Å². The molecule has 3 aromatic rings. The van der Waals surface area contributed by atoms with Crippen LogP contribution >= 0.6 is 11.3 Å². The van der Waals surface area contributed by atoms with Crippen LogP contribution in [-0.4, -0.2) is 16.9 Å². The Morgan fingerprint density at radius 1 is 1.24 bits per heavy atom. The highest BCUT2D eigenvalue weighted by Crippen LogP contribution is 2.35. The predicted octanol–water partition coefficient (Wildman–Crippen LogP) is 4.17. The van der Waals surface area contributed by atoms with Crippen molar-refractivity contribution >= 4 is 33.1 Å². The number of benzene rings is 2. The topological polar surface area (TPSA) is 68.0 Å². The first-order chi connectivity index (χ1) is 12.1. The van der Waals surface area contributed by atoms with Gasteiger partial charge in [0.25, 0.3) is 0 Å². The van der Waals surface area contributed by atoms with Crippen molar-refractivity contribution in [2.75, 3.05) is 5.32 Å². The first kappa shape index (κ1) is 16.2. The normalized spacial score (nSPS) is 20.1. The van der Waals surface area contributed by atoms with Gasteiger partial charge in [-0.2, -0.15) is 0 Å². The van der Waals surface area contributed by atoms with Crippen LogP contribution in [0.1, 0.15) is 19.3 Å². The molecule has 1 aliphatic rings. The van der Waals surface area contributed by atoms with Crippen LogP contribution < -0.4 is 11.1 Å². The minimum Gasteiger partial charge on any atom is -0.328 e. The Labute approximate surface area is 148 Å². The first-order valence-corrected chi connectivity index (χ1v) is 9.14. The molecular formula is C19H18FN3OS. The van der Waals surface area contributed by atoms with Crippen LogP contribution in [0, 0.1) is 11.7 Å². The van der Waals surface area contributed by atoms with Gasteiger partial charge in [-0.25, -0.2) is 9.37 Å². The molecule has 1 saturated carbocycles. The summed E-state index contributed by atoms with van der Waals surface area (Å²) in [5.41, 5.74) is 7.97. The number of nitrogens with one attached hydrogen (secondary N) is 1. The van der Waals surface area contributed by atoms with Crippen molar-refractivity contribution in [3.05, 3.63) is 48.3 Å². The molecule has 1 amide bonds. The lowest BCUT2D eigenvalue weighted by Gasteiger charge is -2.13. The standard InChI is InChI=1S/C19H18FN3OS/c20-12-6-8-15(22-18(24)11-5-7-13(21)9-11)14(10-12)19-23-16-3-1-2-4-17(16)25-19/h1-4,6,8,10-11,13H,5,7,9,21H2,(H,22,24). The summed E-state index contributed by atoms with van der Waals surface area (Å²) in [7, 11) is 0. The molecule has 0 bridgehead atoms. The number of hydrogen-bond acceptors (Lipinski definition) is 4. The molecule has 4 rings (SSSR count). The van der Waals surface area contributed by atoms with Gasteiger partial charge in [-0.1, -0.05) is 12.1 Å². The number of carbonyl (C=O) groups is 1. The number of halogens is 1. The van der Waals surface area contributed by atoms with Gasteiger partial charge in [0.1, 0.15) is 10.8 Å². The number of amides is 1. The summed E-state index contributed by atoms with van der Waals surface area (Å²) in [6.45, 7) is 0. The maximum Gasteiger partial charge on any atom is 0.227 e. The van der Waals surface area contributed by atoms with Crippen molar-refractivity contribution in [3.63, 3.8) is 0 Å². The van der Waals surface area contributed by atoms with E-state index in [1.807, 2.05) is 24.3 Å². The van der Waals surface area contributed by atoms with Crippen molar-refractivity contribution in [1.82, 2.24) is 4.98 Å². The van der Waals surface area contributed by atoms with Gasteiger partial charge in [-0.3, -0.25) is 4.79 Å². The van der Waals surface area contributed by atoms with Crippen molar-refractivity contribution in [3.8, 4) is 10.6 Å². The summed E-state index contributed by atoms with van der Waals surface area (Å²) in [5.74, 6) is -0.486. The van der Waals surface area contributed by atoms with E-state index in [1.54, 1.807) is 6.07 Å². The minimum atomic E-state index is -0.352. The highest BCUT2D eigenvalue weighted by Gasteiger charge is 2.28. The molecule has 2 aromatic carbocycles. The maximum absolute atomic E-state index is 13.8. The van der Waals surface area contributed by atoms with Crippen LogP contribution in [-0.2, 0) is 4.79 Å². The average molecular weight is 355 g/mol. The molecule has 3 N–H and O–H groups in total. The van der Waals surface area contributed by atoms with E-state index < -0.39 is 0 Å². The van der Waals surface area contributed by atoms with Crippen LogP contribution in [0.4, 0.5) is 10.1 Å². The van der Waals surface area contributed by atoms with Crippen LogP contribution in [0.3, 0.4) is 0 Å². The highest BCUT2D eigenvalue weighted by molar-refractivity contribution is 7.21. The fraction of sp³-hybridized carbons (Fsp3) is 0.263. The number of para-hydroxylation sites is 1. The number of aromatic nitrogens is 1. The molecule has 0 saturated heterocycles. The van der Waals surface area contributed by atoms with E-state index in [0.29, 0.717) is 22.7 Å².